The lowest BCUT2D eigenvalue weighted by molar-refractivity contribution is 0.174. The van der Waals surface area contributed by atoms with Gasteiger partial charge < -0.3 is 15.2 Å². The molecule has 2 N–H and O–H groups in total. The summed E-state index contributed by atoms with van der Waals surface area (Å²) in [6.07, 6.45) is 1.72. The summed E-state index contributed by atoms with van der Waals surface area (Å²) in [4.78, 5) is 4.25. The van der Waals surface area contributed by atoms with Crippen LogP contribution in [0.4, 0.5) is 5.69 Å². The van der Waals surface area contributed by atoms with Gasteiger partial charge in [-0.1, -0.05) is 0 Å². The highest BCUT2D eigenvalue weighted by Gasteiger charge is 2.14. The normalized spacial score (nSPS) is 12.8. The van der Waals surface area contributed by atoms with E-state index in [0.717, 1.165) is 22.8 Å². The van der Waals surface area contributed by atoms with Crippen molar-refractivity contribution in [3.8, 4) is 22.8 Å². The van der Waals surface area contributed by atoms with Crippen LogP contribution in [-0.4, -0.2) is 11.8 Å². The van der Waals surface area contributed by atoms with E-state index in [-0.39, 0.29) is 6.79 Å². The number of benzene rings is 1. The van der Waals surface area contributed by atoms with Crippen LogP contribution in [0.3, 0.4) is 0 Å². The van der Waals surface area contributed by atoms with Gasteiger partial charge in [-0.3, -0.25) is 4.98 Å². The van der Waals surface area contributed by atoms with Crippen LogP contribution in [-0.2, 0) is 0 Å². The van der Waals surface area contributed by atoms with Gasteiger partial charge in [0.05, 0.1) is 11.4 Å². The van der Waals surface area contributed by atoms with E-state index in [1.165, 1.54) is 0 Å². The van der Waals surface area contributed by atoms with Crippen molar-refractivity contribution in [3.63, 3.8) is 0 Å². The van der Waals surface area contributed by atoms with Crippen molar-refractivity contribution in [1.29, 1.82) is 0 Å². The molecule has 0 saturated carbocycles. The third-order valence-corrected chi connectivity index (χ3v) is 2.48. The van der Waals surface area contributed by atoms with Crippen molar-refractivity contribution in [2.24, 2.45) is 0 Å². The summed E-state index contributed by atoms with van der Waals surface area (Å²) in [6, 6.07) is 9.32. The second-order valence-electron chi connectivity index (χ2n) is 3.51. The molecule has 0 saturated heterocycles. The molecule has 1 aromatic carbocycles. The number of fused-ring (bicyclic) bond motifs is 1. The lowest BCUT2D eigenvalue weighted by Crippen LogP contribution is -1.93. The number of nitrogens with zero attached hydrogens (tertiary/aromatic N) is 1. The highest BCUT2D eigenvalue weighted by Crippen LogP contribution is 2.36. The number of ether oxygens (including phenoxy) is 2. The molecule has 2 aromatic rings. The van der Waals surface area contributed by atoms with Crippen LogP contribution in [0.5, 0.6) is 11.5 Å². The van der Waals surface area contributed by atoms with Crippen LogP contribution in [0.25, 0.3) is 11.3 Å². The fraction of sp³-hybridized carbons (Fsp3) is 0.0833. The highest BCUT2D eigenvalue weighted by molar-refractivity contribution is 5.74. The summed E-state index contributed by atoms with van der Waals surface area (Å²) in [5.74, 6) is 1.50. The zero-order chi connectivity index (χ0) is 11.0. The molecule has 0 radical (unpaired) electrons. The molecule has 3 rings (SSSR count). The molecular formula is C12H10N2O2. The minimum atomic E-state index is 0.274. The Balaban J connectivity index is 2.11. The van der Waals surface area contributed by atoms with Crippen LogP contribution >= 0.6 is 0 Å². The standard InChI is InChI=1S/C12H10N2O2/c13-9-2-1-5-14-12(9)8-3-4-10-11(6-8)16-7-15-10/h1-6H,7,13H2. The van der Waals surface area contributed by atoms with Crippen molar-refractivity contribution in [1.82, 2.24) is 4.98 Å². The second-order valence-corrected chi connectivity index (χ2v) is 3.51. The molecule has 1 aliphatic heterocycles. The van der Waals surface area contributed by atoms with E-state index in [2.05, 4.69) is 4.98 Å². The minimum Gasteiger partial charge on any atom is -0.454 e. The summed E-state index contributed by atoms with van der Waals surface area (Å²) >= 11 is 0. The monoisotopic (exact) mass is 214 g/mol. The van der Waals surface area contributed by atoms with Gasteiger partial charge in [0.15, 0.2) is 11.5 Å². The first-order valence-electron chi connectivity index (χ1n) is 4.95. The average molecular weight is 214 g/mol. The van der Waals surface area contributed by atoms with Gasteiger partial charge in [-0.2, -0.15) is 0 Å². The Morgan fingerprint density at radius 1 is 1.12 bits per heavy atom. The molecule has 2 heterocycles. The first kappa shape index (κ1) is 9.03. The maximum absolute atomic E-state index is 5.86. The van der Waals surface area contributed by atoms with Gasteiger partial charge in [0.25, 0.3) is 0 Å². The Labute approximate surface area is 92.6 Å². The van der Waals surface area contributed by atoms with Crippen molar-refractivity contribution < 1.29 is 9.47 Å². The van der Waals surface area contributed by atoms with E-state index < -0.39 is 0 Å². The minimum absolute atomic E-state index is 0.274. The Morgan fingerprint density at radius 3 is 2.88 bits per heavy atom. The zero-order valence-electron chi connectivity index (χ0n) is 8.51. The summed E-state index contributed by atoms with van der Waals surface area (Å²) in [7, 11) is 0. The third kappa shape index (κ3) is 1.35. The SMILES string of the molecule is Nc1cccnc1-c1ccc2c(c1)OCO2. The van der Waals surface area contributed by atoms with Gasteiger partial charge in [0, 0.05) is 11.8 Å². The topological polar surface area (TPSA) is 57.4 Å². The van der Waals surface area contributed by atoms with E-state index in [1.54, 1.807) is 6.20 Å². The number of nitrogen functional groups attached to an aromatic ring is 1. The van der Waals surface area contributed by atoms with Gasteiger partial charge in [-0.15, -0.1) is 0 Å². The molecule has 0 aliphatic carbocycles. The fourth-order valence-electron chi connectivity index (χ4n) is 1.70. The lowest BCUT2D eigenvalue weighted by Gasteiger charge is -2.04. The highest BCUT2D eigenvalue weighted by atomic mass is 16.7. The maximum atomic E-state index is 5.86. The van der Waals surface area contributed by atoms with Gasteiger partial charge in [-0.05, 0) is 30.3 Å². The summed E-state index contributed by atoms with van der Waals surface area (Å²) in [5, 5.41) is 0. The largest absolute Gasteiger partial charge is 0.454 e. The molecule has 0 bridgehead atoms. The van der Waals surface area contributed by atoms with E-state index in [9.17, 15) is 0 Å². The van der Waals surface area contributed by atoms with Gasteiger partial charge in [0.2, 0.25) is 6.79 Å². The van der Waals surface area contributed by atoms with Crippen molar-refractivity contribution >= 4 is 5.69 Å². The second kappa shape index (κ2) is 3.41. The van der Waals surface area contributed by atoms with Gasteiger partial charge >= 0.3 is 0 Å². The number of hydrogen-bond acceptors (Lipinski definition) is 4. The van der Waals surface area contributed by atoms with Crippen LogP contribution in [0.15, 0.2) is 36.5 Å². The van der Waals surface area contributed by atoms with Crippen molar-refractivity contribution in [3.05, 3.63) is 36.5 Å². The van der Waals surface area contributed by atoms with Crippen LogP contribution in [0.1, 0.15) is 0 Å². The summed E-state index contributed by atoms with van der Waals surface area (Å²) in [5.41, 5.74) is 8.21. The molecule has 16 heavy (non-hydrogen) atoms. The molecule has 80 valence electrons. The predicted molar refractivity (Wildman–Crippen MR) is 60.2 cm³/mol. The molecule has 1 aliphatic rings. The molecular weight excluding hydrogens is 204 g/mol. The van der Waals surface area contributed by atoms with E-state index in [1.807, 2.05) is 30.3 Å². The van der Waals surface area contributed by atoms with Crippen LogP contribution in [0, 0.1) is 0 Å². The molecule has 0 fully saturated rings. The fourth-order valence-corrected chi connectivity index (χ4v) is 1.70. The average Bonchev–Trinajstić information content (AvgIpc) is 2.76. The van der Waals surface area contributed by atoms with Crippen LogP contribution in [0.2, 0.25) is 0 Å². The Kier molecular flexibility index (Phi) is 1.93. The number of aromatic nitrogens is 1. The van der Waals surface area contributed by atoms with Crippen molar-refractivity contribution in [2.45, 2.75) is 0 Å². The predicted octanol–water partition coefficient (Wildman–Crippen LogP) is 2.06. The van der Waals surface area contributed by atoms with Gasteiger partial charge in [-0.25, -0.2) is 0 Å². The number of hydrogen-bond donors (Lipinski definition) is 1. The number of rotatable bonds is 1. The molecule has 0 amide bonds. The maximum Gasteiger partial charge on any atom is 0.231 e. The smallest absolute Gasteiger partial charge is 0.231 e. The molecule has 0 atom stereocenters. The quantitative estimate of drug-likeness (QED) is 0.789. The third-order valence-electron chi connectivity index (χ3n) is 2.48. The Bertz CT molecular complexity index is 540. The number of pyridine rings is 1. The molecule has 1 aromatic heterocycles. The van der Waals surface area contributed by atoms with E-state index in [4.69, 9.17) is 15.2 Å². The molecule has 0 spiro atoms. The zero-order valence-corrected chi connectivity index (χ0v) is 8.51. The Hall–Kier alpha value is -2.23. The molecule has 0 unspecified atom stereocenters. The van der Waals surface area contributed by atoms with E-state index in [0.29, 0.717) is 5.69 Å². The summed E-state index contributed by atoms with van der Waals surface area (Å²) < 4.78 is 10.6. The number of nitrogens with two attached hydrogens (primary N) is 1. The Morgan fingerprint density at radius 2 is 2.00 bits per heavy atom. The van der Waals surface area contributed by atoms with Gasteiger partial charge in [0.1, 0.15) is 0 Å². The molecule has 4 nitrogen and oxygen atoms in total. The van der Waals surface area contributed by atoms with Crippen LogP contribution < -0.4 is 15.2 Å². The number of anilines is 1. The first-order valence-corrected chi connectivity index (χ1v) is 4.95. The first-order chi connectivity index (χ1) is 7.84. The lowest BCUT2D eigenvalue weighted by atomic mass is 10.1. The van der Waals surface area contributed by atoms with E-state index >= 15 is 0 Å². The molecule has 4 heteroatoms. The summed E-state index contributed by atoms with van der Waals surface area (Å²) in [6.45, 7) is 0.274. The van der Waals surface area contributed by atoms with Crippen molar-refractivity contribution in [2.75, 3.05) is 12.5 Å².